The highest BCUT2D eigenvalue weighted by molar-refractivity contribution is 5.31. The molecular formula is C15H14F3NO. The third-order valence-electron chi connectivity index (χ3n) is 3.05. The molecule has 5 heteroatoms. The van der Waals surface area contributed by atoms with Gasteiger partial charge in [0.15, 0.2) is 17.5 Å². The van der Waals surface area contributed by atoms with Gasteiger partial charge >= 0.3 is 0 Å². The second-order valence-electron chi connectivity index (χ2n) is 4.43. The minimum absolute atomic E-state index is 0.0493. The molecule has 0 fully saturated rings. The monoisotopic (exact) mass is 281 g/mol. The summed E-state index contributed by atoms with van der Waals surface area (Å²) in [5, 5.41) is 0. The van der Waals surface area contributed by atoms with E-state index in [0.717, 1.165) is 11.6 Å². The first-order valence-electron chi connectivity index (χ1n) is 6.05. The molecule has 0 heterocycles. The zero-order valence-electron chi connectivity index (χ0n) is 10.9. The zero-order valence-corrected chi connectivity index (χ0v) is 10.9. The van der Waals surface area contributed by atoms with Crippen LogP contribution in [0, 0.1) is 17.5 Å². The smallest absolute Gasteiger partial charge is 0.194 e. The minimum atomic E-state index is -1.50. The Labute approximate surface area is 115 Å². The van der Waals surface area contributed by atoms with Crippen LogP contribution in [-0.2, 0) is 6.42 Å². The van der Waals surface area contributed by atoms with Crippen molar-refractivity contribution in [3.63, 3.8) is 0 Å². The van der Waals surface area contributed by atoms with E-state index < -0.39 is 23.5 Å². The van der Waals surface area contributed by atoms with Crippen molar-refractivity contribution in [1.29, 1.82) is 0 Å². The first kappa shape index (κ1) is 14.4. The lowest BCUT2D eigenvalue weighted by atomic mass is 9.99. The van der Waals surface area contributed by atoms with E-state index >= 15 is 0 Å². The van der Waals surface area contributed by atoms with Crippen LogP contribution in [0.1, 0.15) is 17.2 Å². The molecule has 20 heavy (non-hydrogen) atoms. The van der Waals surface area contributed by atoms with Gasteiger partial charge in [0, 0.05) is 11.6 Å². The Morgan fingerprint density at radius 3 is 2.55 bits per heavy atom. The van der Waals surface area contributed by atoms with Gasteiger partial charge in [-0.25, -0.2) is 13.2 Å². The Morgan fingerprint density at radius 2 is 1.85 bits per heavy atom. The normalized spacial score (nSPS) is 12.2. The van der Waals surface area contributed by atoms with Crippen molar-refractivity contribution in [3.8, 4) is 5.75 Å². The number of benzene rings is 2. The average Bonchev–Trinajstić information content (AvgIpc) is 2.45. The summed E-state index contributed by atoms with van der Waals surface area (Å²) in [6.45, 7) is 0. The third kappa shape index (κ3) is 2.93. The van der Waals surface area contributed by atoms with E-state index in [1.54, 1.807) is 24.3 Å². The first-order valence-corrected chi connectivity index (χ1v) is 6.05. The molecule has 0 aromatic heterocycles. The number of ether oxygens (including phenoxy) is 1. The first-order chi connectivity index (χ1) is 9.52. The van der Waals surface area contributed by atoms with Gasteiger partial charge in [0.2, 0.25) is 0 Å². The number of hydrogen-bond acceptors (Lipinski definition) is 2. The van der Waals surface area contributed by atoms with E-state index in [4.69, 9.17) is 10.5 Å². The largest absolute Gasteiger partial charge is 0.497 e. The van der Waals surface area contributed by atoms with E-state index in [1.165, 1.54) is 13.2 Å². The van der Waals surface area contributed by atoms with Gasteiger partial charge in [-0.1, -0.05) is 18.2 Å². The van der Waals surface area contributed by atoms with E-state index in [0.29, 0.717) is 12.2 Å². The topological polar surface area (TPSA) is 35.2 Å². The average molecular weight is 281 g/mol. The molecule has 2 aromatic rings. The van der Waals surface area contributed by atoms with Crippen LogP contribution >= 0.6 is 0 Å². The van der Waals surface area contributed by atoms with Crippen molar-refractivity contribution in [3.05, 3.63) is 65.0 Å². The van der Waals surface area contributed by atoms with Crippen LogP contribution in [0.4, 0.5) is 13.2 Å². The second-order valence-corrected chi connectivity index (χ2v) is 4.43. The fourth-order valence-electron chi connectivity index (χ4n) is 1.99. The molecule has 0 aliphatic rings. The van der Waals surface area contributed by atoms with Crippen molar-refractivity contribution in [2.24, 2.45) is 5.73 Å². The Morgan fingerprint density at radius 1 is 1.10 bits per heavy atom. The van der Waals surface area contributed by atoms with Crippen molar-refractivity contribution < 1.29 is 17.9 Å². The van der Waals surface area contributed by atoms with Crippen LogP contribution < -0.4 is 10.5 Å². The highest BCUT2D eigenvalue weighted by atomic mass is 19.2. The highest BCUT2D eigenvalue weighted by Gasteiger charge is 2.18. The fourth-order valence-corrected chi connectivity index (χ4v) is 1.99. The number of nitrogens with two attached hydrogens (primary N) is 1. The second kappa shape index (κ2) is 5.96. The van der Waals surface area contributed by atoms with Gasteiger partial charge in [0.1, 0.15) is 5.75 Å². The predicted octanol–water partition coefficient (Wildman–Crippen LogP) is 3.36. The molecule has 1 unspecified atom stereocenters. The summed E-state index contributed by atoms with van der Waals surface area (Å²) < 4.78 is 44.8. The van der Waals surface area contributed by atoms with E-state index in [9.17, 15) is 13.2 Å². The Bertz CT molecular complexity index is 616. The molecule has 106 valence electrons. The zero-order chi connectivity index (χ0) is 14.7. The maximum Gasteiger partial charge on any atom is 0.194 e. The van der Waals surface area contributed by atoms with Crippen molar-refractivity contribution in [2.75, 3.05) is 7.11 Å². The van der Waals surface area contributed by atoms with Gasteiger partial charge in [-0.3, -0.25) is 0 Å². The molecule has 2 nitrogen and oxygen atoms in total. The van der Waals surface area contributed by atoms with Crippen LogP contribution in [-0.4, -0.2) is 7.11 Å². The summed E-state index contributed by atoms with van der Waals surface area (Å²) in [7, 11) is 1.54. The van der Waals surface area contributed by atoms with Crippen molar-refractivity contribution in [1.82, 2.24) is 0 Å². The number of rotatable bonds is 4. The van der Waals surface area contributed by atoms with Gasteiger partial charge < -0.3 is 10.5 Å². The molecule has 0 bridgehead atoms. The summed E-state index contributed by atoms with van der Waals surface area (Å²) in [5.74, 6) is -3.30. The SMILES string of the molecule is COc1cccc(CC(N)c2ccc(F)c(F)c2F)c1. The molecule has 0 aliphatic carbocycles. The summed E-state index contributed by atoms with van der Waals surface area (Å²) in [6.07, 6.45) is 0.291. The third-order valence-corrected chi connectivity index (χ3v) is 3.05. The molecule has 2 aromatic carbocycles. The molecule has 0 spiro atoms. The lowest BCUT2D eigenvalue weighted by molar-refractivity contribution is 0.414. The minimum Gasteiger partial charge on any atom is -0.497 e. The molecule has 0 radical (unpaired) electrons. The summed E-state index contributed by atoms with van der Waals surface area (Å²) in [6, 6.07) is 8.39. The molecule has 2 rings (SSSR count). The summed E-state index contributed by atoms with van der Waals surface area (Å²) >= 11 is 0. The Balaban J connectivity index is 2.23. The maximum absolute atomic E-state index is 13.6. The fraction of sp³-hybridized carbons (Fsp3) is 0.200. The Hall–Kier alpha value is -2.01. The highest BCUT2D eigenvalue weighted by Crippen LogP contribution is 2.24. The molecule has 2 N–H and O–H groups in total. The van der Waals surface area contributed by atoms with Crippen LogP contribution in [0.2, 0.25) is 0 Å². The molecule has 0 saturated carbocycles. The van der Waals surface area contributed by atoms with Gasteiger partial charge in [0.05, 0.1) is 7.11 Å². The lowest BCUT2D eigenvalue weighted by Crippen LogP contribution is -2.16. The molecule has 0 amide bonds. The van der Waals surface area contributed by atoms with Crippen LogP contribution in [0.3, 0.4) is 0 Å². The van der Waals surface area contributed by atoms with E-state index in [-0.39, 0.29) is 5.56 Å². The lowest BCUT2D eigenvalue weighted by Gasteiger charge is -2.14. The molecule has 1 atom stereocenters. The molecule has 0 aliphatic heterocycles. The maximum atomic E-state index is 13.6. The quantitative estimate of drug-likeness (QED) is 0.872. The van der Waals surface area contributed by atoms with E-state index in [2.05, 4.69) is 0 Å². The standard InChI is InChI=1S/C15H14F3NO/c1-20-10-4-2-3-9(7-10)8-13(19)11-5-6-12(16)15(18)14(11)17/h2-7,13H,8,19H2,1H3. The predicted molar refractivity (Wildman–Crippen MR) is 69.9 cm³/mol. The van der Waals surface area contributed by atoms with Gasteiger partial charge in [-0.05, 0) is 30.2 Å². The Kier molecular flexibility index (Phi) is 4.29. The molecular weight excluding hydrogens is 267 g/mol. The van der Waals surface area contributed by atoms with Crippen LogP contribution in [0.25, 0.3) is 0 Å². The van der Waals surface area contributed by atoms with Crippen LogP contribution in [0.15, 0.2) is 36.4 Å². The summed E-state index contributed by atoms with van der Waals surface area (Å²) in [5.41, 5.74) is 6.64. The number of methoxy groups -OCH3 is 1. The van der Waals surface area contributed by atoms with Crippen molar-refractivity contribution >= 4 is 0 Å². The number of halogens is 3. The van der Waals surface area contributed by atoms with Crippen molar-refractivity contribution in [2.45, 2.75) is 12.5 Å². The summed E-state index contributed by atoms with van der Waals surface area (Å²) in [4.78, 5) is 0. The van der Waals surface area contributed by atoms with Crippen LogP contribution in [0.5, 0.6) is 5.75 Å². The van der Waals surface area contributed by atoms with Gasteiger partial charge in [-0.15, -0.1) is 0 Å². The van der Waals surface area contributed by atoms with E-state index in [1.807, 2.05) is 0 Å². The van der Waals surface area contributed by atoms with Gasteiger partial charge in [0.25, 0.3) is 0 Å². The van der Waals surface area contributed by atoms with Gasteiger partial charge in [-0.2, -0.15) is 0 Å². The molecule has 0 saturated heterocycles. The number of hydrogen-bond donors (Lipinski definition) is 1.